The number of benzene rings is 1. The van der Waals surface area contributed by atoms with Gasteiger partial charge in [-0.3, -0.25) is 0 Å². The second-order valence-corrected chi connectivity index (χ2v) is 8.64. The van der Waals surface area contributed by atoms with Crippen molar-refractivity contribution in [3.63, 3.8) is 0 Å². The molecule has 2 aliphatic heterocycles. The molecule has 4 rings (SSSR count). The van der Waals surface area contributed by atoms with Crippen LogP contribution in [0, 0.1) is 22.7 Å². The van der Waals surface area contributed by atoms with E-state index >= 15 is 0 Å². The number of nitrogens with zero attached hydrogens (tertiary/aromatic N) is 1. The van der Waals surface area contributed by atoms with E-state index in [1.807, 2.05) is 19.6 Å². The van der Waals surface area contributed by atoms with Gasteiger partial charge in [-0.15, -0.1) is 0 Å². The van der Waals surface area contributed by atoms with Gasteiger partial charge in [0.25, 0.3) is 6.71 Å². The maximum atomic E-state index is 8.77. The third-order valence-corrected chi connectivity index (χ3v) is 6.32. The molecule has 24 heavy (non-hydrogen) atoms. The van der Waals surface area contributed by atoms with Crippen LogP contribution < -0.4 is 0 Å². The van der Waals surface area contributed by atoms with Crippen LogP contribution >= 0.6 is 0 Å². The van der Waals surface area contributed by atoms with Crippen LogP contribution in [0.4, 0.5) is 0 Å². The van der Waals surface area contributed by atoms with E-state index in [1.165, 1.54) is 18.4 Å². The van der Waals surface area contributed by atoms with Crippen molar-refractivity contribution in [3.05, 3.63) is 35.9 Å². The molecule has 2 saturated heterocycles. The Labute approximate surface area is 162 Å². The van der Waals surface area contributed by atoms with Crippen molar-refractivity contribution in [1.82, 2.24) is 0 Å². The molecule has 1 aromatic carbocycles. The molecule has 0 N–H and O–H groups in total. The van der Waals surface area contributed by atoms with Gasteiger partial charge in [0, 0.05) is 32.6 Å². The van der Waals surface area contributed by atoms with E-state index in [0.717, 1.165) is 18.6 Å². The van der Waals surface area contributed by atoms with Crippen LogP contribution in [-0.2, 0) is 25.7 Å². The van der Waals surface area contributed by atoms with Gasteiger partial charge < -0.3 is 4.65 Å². The summed E-state index contributed by atoms with van der Waals surface area (Å²) in [6.45, 7) is 8.92. The van der Waals surface area contributed by atoms with Crippen LogP contribution in [-0.4, -0.2) is 19.8 Å². The Morgan fingerprint density at radius 2 is 1.75 bits per heavy atom. The first kappa shape index (κ1) is 19.8. The average Bonchev–Trinajstić information content (AvgIpc) is 2.45. The summed E-state index contributed by atoms with van der Waals surface area (Å²) in [5.41, 5.74) is 2.08. The summed E-state index contributed by atoms with van der Waals surface area (Å²) in [4.78, 5) is 0. The Morgan fingerprint density at radius 3 is 2.12 bits per heavy atom. The van der Waals surface area contributed by atoms with Gasteiger partial charge in [0.05, 0.1) is 0 Å². The quantitative estimate of drug-likeness (QED) is 0.430. The number of hydrogen-bond donors (Lipinski definition) is 0. The van der Waals surface area contributed by atoms with Gasteiger partial charge in [0.2, 0.25) is 0 Å². The van der Waals surface area contributed by atoms with E-state index in [4.69, 9.17) is 9.92 Å². The first-order valence-electron chi connectivity index (χ1n) is 8.65. The third-order valence-electron chi connectivity index (χ3n) is 6.32. The number of nitriles is 1. The standard InChI is InChI=1S/C13H13BN.C6H12BO.W/c15-10-14-8-13(9-14)6-12(7-13)11-4-2-1-3-5-11;1-5(2)6(3,4)8-7-5;/h2-5,12H,6-9H2;1-4H3;/q-1;;. The minimum absolute atomic E-state index is 0. The molecule has 0 unspecified atom stereocenters. The molecule has 5 heteroatoms. The maximum Gasteiger partial charge on any atom is 0.302 e. The van der Waals surface area contributed by atoms with Crippen molar-refractivity contribution in [1.29, 1.82) is 5.26 Å². The van der Waals surface area contributed by atoms with Crippen molar-refractivity contribution < 1.29 is 25.7 Å². The smallest absolute Gasteiger partial charge is 0.302 e. The van der Waals surface area contributed by atoms with E-state index in [2.05, 4.69) is 51.9 Å². The Morgan fingerprint density at radius 1 is 1.21 bits per heavy atom. The average molecular weight is 489 g/mol. The predicted octanol–water partition coefficient (Wildman–Crippen LogP) is 4.53. The molecule has 1 radical (unpaired) electrons. The van der Waals surface area contributed by atoms with Crippen molar-refractivity contribution in [2.75, 3.05) is 0 Å². The zero-order valence-electron chi connectivity index (χ0n) is 15.1. The minimum atomic E-state index is 0. The molecule has 3 fully saturated rings. The van der Waals surface area contributed by atoms with E-state index in [-0.39, 0.29) is 32.0 Å². The summed E-state index contributed by atoms with van der Waals surface area (Å²) >= 11 is 0. The molecule has 1 aliphatic carbocycles. The van der Waals surface area contributed by atoms with Gasteiger partial charge in [0.15, 0.2) is 0 Å². The monoisotopic (exact) mass is 489 g/mol. The van der Waals surface area contributed by atoms with Crippen molar-refractivity contribution in [2.45, 2.75) is 70.0 Å². The minimum Gasteiger partial charge on any atom is -0.435 e. The van der Waals surface area contributed by atoms with Gasteiger partial charge in [-0.2, -0.15) is 35.9 Å². The fourth-order valence-corrected chi connectivity index (χ4v) is 3.83. The molecule has 1 aromatic rings. The summed E-state index contributed by atoms with van der Waals surface area (Å²) in [7, 11) is 1.90. The Kier molecular flexibility index (Phi) is 5.79. The molecule has 0 aromatic heterocycles. The van der Waals surface area contributed by atoms with E-state index in [0.29, 0.717) is 12.1 Å². The van der Waals surface area contributed by atoms with Crippen LogP contribution in [0.1, 0.15) is 52.0 Å². The Balaban J connectivity index is 0.000000199. The largest absolute Gasteiger partial charge is 0.435 e. The first-order chi connectivity index (χ1) is 10.8. The second kappa shape index (κ2) is 7.01. The SMILES string of the molecule is CC1(C)[B]OC1(C)C.N#CB1CC2(C1)CC(c1cc[c-]cc1)C2.[W]. The second-order valence-electron chi connectivity index (χ2n) is 8.64. The van der Waals surface area contributed by atoms with Gasteiger partial charge in [-0.25, -0.2) is 5.26 Å². The Hall–Kier alpha value is -0.512. The van der Waals surface area contributed by atoms with Gasteiger partial charge in [0.1, 0.15) is 0 Å². The summed E-state index contributed by atoms with van der Waals surface area (Å²) in [5, 5.41) is 9.04. The zero-order valence-corrected chi connectivity index (χ0v) is 18.1. The first-order valence-corrected chi connectivity index (χ1v) is 8.65. The zero-order chi connectivity index (χ0) is 16.7. The number of hydrogen-bond acceptors (Lipinski definition) is 2. The maximum absolute atomic E-state index is 8.77. The molecule has 0 atom stereocenters. The predicted molar refractivity (Wildman–Crippen MR) is 95.6 cm³/mol. The summed E-state index contributed by atoms with van der Waals surface area (Å²) in [6.07, 6.45) is 4.91. The molecule has 2 heterocycles. The summed E-state index contributed by atoms with van der Waals surface area (Å²) in [5.74, 6) is 3.12. The fourth-order valence-electron chi connectivity index (χ4n) is 3.83. The third kappa shape index (κ3) is 3.68. The van der Waals surface area contributed by atoms with Crippen LogP contribution in [0.5, 0.6) is 0 Å². The van der Waals surface area contributed by atoms with Gasteiger partial charge >= 0.3 is 7.48 Å². The van der Waals surface area contributed by atoms with Gasteiger partial charge in [-0.1, -0.05) is 26.5 Å². The Bertz CT molecular complexity index is 584. The molecule has 0 amide bonds. The molecule has 1 saturated carbocycles. The molecular formula is C19H25B2NOW-. The molecule has 2 nitrogen and oxygen atoms in total. The van der Waals surface area contributed by atoms with Crippen molar-refractivity contribution in [2.24, 2.45) is 5.41 Å². The molecular weight excluding hydrogens is 464 g/mol. The summed E-state index contributed by atoms with van der Waals surface area (Å²) < 4.78 is 5.21. The molecule has 125 valence electrons. The van der Waals surface area contributed by atoms with Gasteiger partial charge in [-0.05, 0) is 43.3 Å². The molecule has 1 spiro atoms. The number of rotatable bonds is 1. The van der Waals surface area contributed by atoms with Crippen LogP contribution in [0.15, 0.2) is 24.3 Å². The van der Waals surface area contributed by atoms with Crippen LogP contribution in [0.2, 0.25) is 18.0 Å². The van der Waals surface area contributed by atoms with Crippen molar-refractivity contribution in [3.8, 4) is 5.97 Å². The van der Waals surface area contributed by atoms with E-state index < -0.39 is 0 Å². The molecule has 0 bridgehead atoms. The van der Waals surface area contributed by atoms with Crippen molar-refractivity contribution >= 4 is 14.2 Å². The molecule has 3 aliphatic rings. The topological polar surface area (TPSA) is 33.0 Å². The van der Waals surface area contributed by atoms with E-state index in [1.54, 1.807) is 0 Å². The summed E-state index contributed by atoms with van der Waals surface area (Å²) in [6, 6.07) is 11.4. The van der Waals surface area contributed by atoms with E-state index in [9.17, 15) is 0 Å². The normalized spacial score (nSPS) is 24.5. The fraction of sp³-hybridized carbons (Fsp3) is 0.632. The van der Waals surface area contributed by atoms with Crippen LogP contribution in [0.3, 0.4) is 0 Å². The van der Waals surface area contributed by atoms with Crippen LogP contribution in [0.25, 0.3) is 0 Å².